The van der Waals surface area contributed by atoms with E-state index in [0.717, 1.165) is 24.6 Å². The number of halogens is 1. The molecule has 1 aromatic carbocycles. The molecule has 2 fully saturated rings. The zero-order valence-electron chi connectivity index (χ0n) is 17.2. The van der Waals surface area contributed by atoms with Crippen molar-refractivity contribution in [3.63, 3.8) is 0 Å². The molecule has 0 bridgehead atoms. The number of anilines is 2. The lowest BCUT2D eigenvalue weighted by Crippen LogP contribution is -2.49. The van der Waals surface area contributed by atoms with Gasteiger partial charge in [-0.2, -0.15) is 4.31 Å². The zero-order chi connectivity index (χ0) is 21.1. The van der Waals surface area contributed by atoms with Crippen molar-refractivity contribution in [3.8, 4) is 0 Å². The summed E-state index contributed by atoms with van der Waals surface area (Å²) in [5, 5.41) is 9.47. The van der Waals surface area contributed by atoms with Gasteiger partial charge in [0.25, 0.3) is 0 Å². The van der Waals surface area contributed by atoms with E-state index in [1.807, 2.05) is 12.1 Å². The van der Waals surface area contributed by atoms with Gasteiger partial charge in [0.1, 0.15) is 0 Å². The zero-order valence-corrected chi connectivity index (χ0v) is 18.8. The third kappa shape index (κ3) is 4.40. The summed E-state index contributed by atoms with van der Waals surface area (Å²) >= 11 is 5.88. The Kier molecular flexibility index (Phi) is 6.46. The number of aromatic nitrogens is 2. The van der Waals surface area contributed by atoms with Crippen molar-refractivity contribution in [2.75, 3.05) is 42.5 Å². The molecule has 0 amide bonds. The first-order valence-corrected chi connectivity index (χ1v) is 12.4. The Morgan fingerprint density at radius 3 is 2.23 bits per heavy atom. The first kappa shape index (κ1) is 21.3. The van der Waals surface area contributed by atoms with Gasteiger partial charge in [-0.3, -0.25) is 0 Å². The van der Waals surface area contributed by atoms with Crippen LogP contribution in [0.15, 0.2) is 41.3 Å². The quantitative estimate of drug-likeness (QED) is 0.696. The summed E-state index contributed by atoms with van der Waals surface area (Å²) in [4.78, 5) is 4.74. The summed E-state index contributed by atoms with van der Waals surface area (Å²) in [5.74, 6) is 1.74. The van der Waals surface area contributed by atoms with Gasteiger partial charge in [-0.05, 0) is 62.1 Å². The number of nitrogens with zero attached hydrogens (tertiary/aromatic N) is 5. The van der Waals surface area contributed by atoms with Gasteiger partial charge < -0.3 is 9.80 Å². The van der Waals surface area contributed by atoms with E-state index in [0.29, 0.717) is 37.2 Å². The molecule has 0 N–H and O–H groups in total. The second-order valence-corrected chi connectivity index (χ2v) is 10.2. The van der Waals surface area contributed by atoms with Crippen LogP contribution in [0.25, 0.3) is 0 Å². The summed E-state index contributed by atoms with van der Waals surface area (Å²) in [5.41, 5.74) is 0. The Hall–Kier alpha value is -1.90. The molecular weight excluding hydrogens is 422 g/mol. The molecule has 30 heavy (non-hydrogen) atoms. The van der Waals surface area contributed by atoms with Gasteiger partial charge in [0.2, 0.25) is 10.0 Å². The van der Waals surface area contributed by atoms with Gasteiger partial charge in [-0.15, -0.1) is 10.2 Å². The monoisotopic (exact) mass is 449 g/mol. The molecule has 2 aromatic rings. The Morgan fingerprint density at radius 1 is 0.933 bits per heavy atom. The van der Waals surface area contributed by atoms with E-state index in [1.54, 1.807) is 24.3 Å². The average Bonchev–Trinajstić information content (AvgIpc) is 2.79. The molecule has 9 heteroatoms. The Balaban J connectivity index is 1.40. The van der Waals surface area contributed by atoms with Crippen LogP contribution in [0.1, 0.15) is 32.6 Å². The van der Waals surface area contributed by atoms with Gasteiger partial charge in [-0.1, -0.05) is 18.5 Å². The van der Waals surface area contributed by atoms with Crippen molar-refractivity contribution >= 4 is 33.3 Å². The second kappa shape index (κ2) is 9.08. The molecule has 1 aromatic heterocycles. The van der Waals surface area contributed by atoms with Crippen molar-refractivity contribution in [2.24, 2.45) is 0 Å². The Morgan fingerprint density at radius 2 is 1.60 bits per heavy atom. The van der Waals surface area contributed by atoms with Crippen molar-refractivity contribution < 1.29 is 8.42 Å². The van der Waals surface area contributed by atoms with Crippen LogP contribution in [-0.4, -0.2) is 61.7 Å². The first-order chi connectivity index (χ1) is 14.5. The lowest BCUT2D eigenvalue weighted by atomic mass is 10.0. The molecule has 2 saturated heterocycles. The van der Waals surface area contributed by atoms with E-state index in [9.17, 15) is 8.42 Å². The number of rotatable bonds is 5. The van der Waals surface area contributed by atoms with E-state index < -0.39 is 10.0 Å². The highest BCUT2D eigenvalue weighted by atomic mass is 35.5. The highest BCUT2D eigenvalue weighted by Crippen LogP contribution is 2.26. The molecule has 0 aliphatic carbocycles. The molecule has 2 aliphatic heterocycles. The van der Waals surface area contributed by atoms with E-state index in [1.165, 1.54) is 23.6 Å². The van der Waals surface area contributed by atoms with Gasteiger partial charge in [0.15, 0.2) is 11.6 Å². The van der Waals surface area contributed by atoms with Crippen LogP contribution in [0.2, 0.25) is 5.02 Å². The van der Waals surface area contributed by atoms with E-state index in [-0.39, 0.29) is 4.90 Å². The fraction of sp³-hybridized carbons (Fsp3) is 0.524. The first-order valence-electron chi connectivity index (χ1n) is 10.6. The van der Waals surface area contributed by atoms with Crippen molar-refractivity contribution in [1.29, 1.82) is 0 Å². The van der Waals surface area contributed by atoms with Gasteiger partial charge >= 0.3 is 0 Å². The minimum atomic E-state index is -3.51. The molecule has 162 valence electrons. The highest BCUT2D eigenvalue weighted by Gasteiger charge is 2.29. The van der Waals surface area contributed by atoms with Gasteiger partial charge in [-0.25, -0.2) is 8.42 Å². The predicted octanol–water partition coefficient (Wildman–Crippen LogP) is 3.41. The summed E-state index contributed by atoms with van der Waals surface area (Å²) in [7, 11) is -3.51. The fourth-order valence-corrected chi connectivity index (χ4v) is 5.83. The maximum atomic E-state index is 12.9. The number of piperidine rings is 1. The number of hydrogen-bond donors (Lipinski definition) is 0. The standard InChI is InChI=1S/C21H28ClN5O2S/c1-2-18-5-3-4-12-27(18)21-11-10-20(23-24-21)25-13-15-26(16-14-25)30(28,29)19-8-6-17(22)7-9-19/h6-11,18H,2-5,12-16H2,1H3. The van der Waals surface area contributed by atoms with Crippen LogP contribution in [0.4, 0.5) is 11.6 Å². The van der Waals surface area contributed by atoms with Crippen molar-refractivity contribution in [3.05, 3.63) is 41.4 Å². The number of sulfonamides is 1. The Labute approximate surface area is 183 Å². The number of piperazine rings is 1. The molecular formula is C21H28ClN5O2S. The van der Waals surface area contributed by atoms with Crippen LogP contribution in [0.5, 0.6) is 0 Å². The van der Waals surface area contributed by atoms with Crippen LogP contribution in [0.3, 0.4) is 0 Å². The summed E-state index contributed by atoms with van der Waals surface area (Å²) in [6, 6.07) is 10.9. The van der Waals surface area contributed by atoms with E-state index >= 15 is 0 Å². The lowest BCUT2D eigenvalue weighted by Gasteiger charge is -2.36. The Bertz CT molecular complexity index is 944. The molecule has 0 saturated carbocycles. The molecule has 1 atom stereocenters. The third-order valence-corrected chi connectivity index (χ3v) is 8.21. The predicted molar refractivity (Wildman–Crippen MR) is 120 cm³/mol. The lowest BCUT2D eigenvalue weighted by molar-refractivity contribution is 0.383. The molecule has 2 aliphatic rings. The van der Waals surface area contributed by atoms with Crippen molar-refractivity contribution in [1.82, 2.24) is 14.5 Å². The minimum Gasteiger partial charge on any atom is -0.352 e. The smallest absolute Gasteiger partial charge is 0.243 e. The molecule has 0 spiro atoms. The highest BCUT2D eigenvalue weighted by molar-refractivity contribution is 7.89. The fourth-order valence-electron chi connectivity index (χ4n) is 4.28. The summed E-state index contributed by atoms with van der Waals surface area (Å²) < 4.78 is 27.2. The van der Waals surface area contributed by atoms with Crippen LogP contribution in [0, 0.1) is 0 Å². The summed E-state index contributed by atoms with van der Waals surface area (Å²) in [6.45, 7) is 5.26. The van der Waals surface area contributed by atoms with Crippen molar-refractivity contribution in [2.45, 2.75) is 43.5 Å². The van der Waals surface area contributed by atoms with Crippen LogP contribution < -0.4 is 9.80 Å². The second-order valence-electron chi connectivity index (χ2n) is 7.85. The molecule has 1 unspecified atom stereocenters. The molecule has 4 rings (SSSR count). The topological polar surface area (TPSA) is 69.6 Å². The maximum Gasteiger partial charge on any atom is 0.243 e. The third-order valence-electron chi connectivity index (χ3n) is 6.04. The van der Waals surface area contributed by atoms with Gasteiger partial charge in [0.05, 0.1) is 4.90 Å². The number of benzene rings is 1. The summed E-state index contributed by atoms with van der Waals surface area (Å²) in [6.07, 6.45) is 4.81. The molecule has 0 radical (unpaired) electrons. The normalized spacial score (nSPS) is 21.1. The van der Waals surface area contributed by atoms with Crippen LogP contribution >= 0.6 is 11.6 Å². The minimum absolute atomic E-state index is 0.275. The molecule has 7 nitrogen and oxygen atoms in total. The van der Waals surface area contributed by atoms with Crippen LogP contribution in [-0.2, 0) is 10.0 Å². The largest absolute Gasteiger partial charge is 0.352 e. The van der Waals surface area contributed by atoms with E-state index in [2.05, 4.69) is 26.9 Å². The SMILES string of the molecule is CCC1CCCCN1c1ccc(N2CCN(S(=O)(=O)c3ccc(Cl)cc3)CC2)nn1. The number of hydrogen-bond acceptors (Lipinski definition) is 6. The van der Waals surface area contributed by atoms with Gasteiger partial charge in [0, 0.05) is 43.8 Å². The average molecular weight is 450 g/mol. The molecule has 3 heterocycles. The maximum absolute atomic E-state index is 12.9. The van der Waals surface area contributed by atoms with E-state index in [4.69, 9.17) is 11.6 Å².